The number of carbonyl (C=O) groups is 3. The summed E-state index contributed by atoms with van der Waals surface area (Å²) in [6, 6.07) is 8.25. The minimum atomic E-state index is -0.998. The third kappa shape index (κ3) is 3.21. The number of benzene rings is 1. The maximum Gasteiger partial charge on any atom is 0.329 e. The number of rotatable bonds is 5. The van der Waals surface area contributed by atoms with Gasteiger partial charge in [-0.05, 0) is 19.8 Å². The predicted molar refractivity (Wildman–Crippen MR) is 96.2 cm³/mol. The summed E-state index contributed by atoms with van der Waals surface area (Å²) >= 11 is 0. The molecular formula is C20H19N3O5. The molecule has 0 bridgehead atoms. The fourth-order valence-corrected chi connectivity index (χ4v) is 3.58. The SMILES string of the molecule is C[C@@H](C(=O)OCc1nc(-c2ccccc2)no1)N1C(=O)[C@H]2CC=CC[C@@H]2C1=O. The van der Waals surface area contributed by atoms with Gasteiger partial charge in [-0.3, -0.25) is 14.5 Å². The van der Waals surface area contributed by atoms with Crippen molar-refractivity contribution < 1.29 is 23.6 Å². The summed E-state index contributed by atoms with van der Waals surface area (Å²) in [5.74, 6) is -1.54. The van der Waals surface area contributed by atoms with Crippen molar-refractivity contribution in [1.82, 2.24) is 15.0 Å². The van der Waals surface area contributed by atoms with Gasteiger partial charge in [0.05, 0.1) is 11.8 Å². The van der Waals surface area contributed by atoms with Crippen molar-refractivity contribution in [2.24, 2.45) is 11.8 Å². The van der Waals surface area contributed by atoms with Gasteiger partial charge in [-0.1, -0.05) is 47.6 Å². The molecule has 0 spiro atoms. The molecule has 0 radical (unpaired) electrons. The minimum absolute atomic E-state index is 0.136. The van der Waals surface area contributed by atoms with Gasteiger partial charge in [-0.25, -0.2) is 4.79 Å². The lowest BCUT2D eigenvalue weighted by Gasteiger charge is -2.21. The van der Waals surface area contributed by atoms with Gasteiger partial charge in [0.1, 0.15) is 6.04 Å². The fourth-order valence-electron chi connectivity index (χ4n) is 3.58. The number of amides is 2. The first-order chi connectivity index (χ1) is 13.6. The number of likely N-dealkylation sites (tertiary alicyclic amines) is 1. The maximum absolute atomic E-state index is 12.6. The molecule has 0 N–H and O–H groups in total. The smallest absolute Gasteiger partial charge is 0.329 e. The van der Waals surface area contributed by atoms with Crippen LogP contribution in [0.1, 0.15) is 25.7 Å². The van der Waals surface area contributed by atoms with Gasteiger partial charge in [0.2, 0.25) is 17.6 Å². The van der Waals surface area contributed by atoms with Crippen LogP contribution in [-0.4, -0.2) is 38.9 Å². The molecule has 144 valence electrons. The van der Waals surface area contributed by atoms with E-state index in [0.29, 0.717) is 18.7 Å². The van der Waals surface area contributed by atoms with E-state index in [1.807, 2.05) is 42.5 Å². The molecule has 0 saturated carbocycles. The molecule has 2 heterocycles. The quantitative estimate of drug-likeness (QED) is 0.444. The van der Waals surface area contributed by atoms with E-state index in [0.717, 1.165) is 10.5 Å². The van der Waals surface area contributed by atoms with E-state index in [9.17, 15) is 14.4 Å². The van der Waals surface area contributed by atoms with Crippen molar-refractivity contribution >= 4 is 17.8 Å². The average molecular weight is 381 g/mol. The molecule has 2 amide bonds. The summed E-state index contributed by atoms with van der Waals surface area (Å²) in [5, 5.41) is 3.86. The van der Waals surface area contributed by atoms with Crippen LogP contribution in [0.15, 0.2) is 47.0 Å². The standard InChI is InChI=1S/C20H19N3O5/c1-12(23-18(24)14-9-5-6-10-15(14)19(23)25)20(26)27-11-16-21-17(22-28-16)13-7-3-2-4-8-13/h2-8,12,14-15H,9-11H2,1H3/t12-,14-,15-/m0/s1. The molecule has 0 unspecified atom stereocenters. The molecule has 8 nitrogen and oxygen atoms in total. The second-order valence-electron chi connectivity index (χ2n) is 6.86. The third-order valence-corrected chi connectivity index (χ3v) is 5.11. The molecule has 1 fully saturated rings. The first-order valence-corrected chi connectivity index (χ1v) is 9.13. The number of allylic oxidation sites excluding steroid dienone is 2. The highest BCUT2D eigenvalue weighted by molar-refractivity contribution is 6.08. The van der Waals surface area contributed by atoms with Crippen LogP contribution in [0.5, 0.6) is 0 Å². The normalized spacial score (nSPS) is 22.2. The van der Waals surface area contributed by atoms with Crippen molar-refractivity contribution in [3.8, 4) is 11.4 Å². The van der Waals surface area contributed by atoms with Crippen molar-refractivity contribution in [3.63, 3.8) is 0 Å². The molecule has 3 atom stereocenters. The molecular weight excluding hydrogens is 362 g/mol. The molecule has 8 heteroatoms. The molecule has 1 aliphatic carbocycles. The summed E-state index contributed by atoms with van der Waals surface area (Å²) in [4.78, 5) is 42.7. The largest absolute Gasteiger partial charge is 0.454 e. The molecule has 1 aromatic carbocycles. The van der Waals surface area contributed by atoms with E-state index in [-0.39, 0.29) is 36.1 Å². The number of imide groups is 1. The number of nitrogens with zero attached hydrogens (tertiary/aromatic N) is 3. The van der Waals surface area contributed by atoms with Gasteiger partial charge in [-0.15, -0.1) is 0 Å². The number of aromatic nitrogens is 2. The van der Waals surface area contributed by atoms with Crippen LogP contribution in [0.2, 0.25) is 0 Å². The number of ether oxygens (including phenoxy) is 1. The van der Waals surface area contributed by atoms with E-state index in [1.165, 1.54) is 6.92 Å². The summed E-state index contributed by atoms with van der Waals surface area (Å²) in [7, 11) is 0. The van der Waals surface area contributed by atoms with Crippen LogP contribution in [0.25, 0.3) is 11.4 Å². The first-order valence-electron chi connectivity index (χ1n) is 9.13. The van der Waals surface area contributed by atoms with E-state index in [1.54, 1.807) is 0 Å². The molecule has 2 aromatic rings. The summed E-state index contributed by atoms with van der Waals surface area (Å²) < 4.78 is 10.3. The first kappa shape index (κ1) is 18.1. The monoisotopic (exact) mass is 381 g/mol. The van der Waals surface area contributed by atoms with Gasteiger partial charge >= 0.3 is 5.97 Å². The zero-order valence-corrected chi connectivity index (χ0v) is 15.3. The molecule has 1 saturated heterocycles. The average Bonchev–Trinajstić information content (AvgIpc) is 3.30. The molecule has 1 aromatic heterocycles. The highest BCUT2D eigenvalue weighted by Crippen LogP contribution is 2.36. The van der Waals surface area contributed by atoms with E-state index >= 15 is 0 Å². The van der Waals surface area contributed by atoms with E-state index in [4.69, 9.17) is 9.26 Å². The lowest BCUT2D eigenvalue weighted by Crippen LogP contribution is -2.44. The highest BCUT2D eigenvalue weighted by atomic mass is 16.6. The molecule has 4 rings (SSSR count). The Kier molecular flexibility index (Phi) is 4.77. The van der Waals surface area contributed by atoms with Crippen molar-refractivity contribution in [2.75, 3.05) is 0 Å². The second kappa shape index (κ2) is 7.38. The maximum atomic E-state index is 12.6. The Labute approximate surface area is 161 Å². The minimum Gasteiger partial charge on any atom is -0.454 e. The number of esters is 1. The van der Waals surface area contributed by atoms with Gasteiger partial charge in [-0.2, -0.15) is 4.98 Å². The Morgan fingerprint density at radius 1 is 1.18 bits per heavy atom. The van der Waals surface area contributed by atoms with Gasteiger partial charge in [0.15, 0.2) is 6.61 Å². The van der Waals surface area contributed by atoms with Crippen LogP contribution in [0.4, 0.5) is 0 Å². The summed E-state index contributed by atoms with van der Waals surface area (Å²) in [5.41, 5.74) is 0.779. The Morgan fingerprint density at radius 2 is 1.82 bits per heavy atom. The van der Waals surface area contributed by atoms with Gasteiger partial charge in [0.25, 0.3) is 5.89 Å². The van der Waals surface area contributed by atoms with Gasteiger partial charge in [0, 0.05) is 5.56 Å². The Morgan fingerprint density at radius 3 is 2.46 bits per heavy atom. The van der Waals surface area contributed by atoms with Gasteiger partial charge < -0.3 is 9.26 Å². The predicted octanol–water partition coefficient (Wildman–Crippen LogP) is 2.12. The van der Waals surface area contributed by atoms with Crippen LogP contribution in [0.3, 0.4) is 0 Å². The summed E-state index contributed by atoms with van der Waals surface area (Å²) in [6.07, 6.45) is 4.85. The van der Waals surface area contributed by atoms with Crippen LogP contribution in [0, 0.1) is 11.8 Å². The third-order valence-electron chi connectivity index (χ3n) is 5.11. The Balaban J connectivity index is 1.38. The lowest BCUT2D eigenvalue weighted by atomic mass is 9.85. The van der Waals surface area contributed by atoms with Crippen LogP contribution >= 0.6 is 0 Å². The van der Waals surface area contributed by atoms with E-state index < -0.39 is 12.0 Å². The Hall–Kier alpha value is -3.29. The van der Waals surface area contributed by atoms with E-state index in [2.05, 4.69) is 10.1 Å². The summed E-state index contributed by atoms with van der Waals surface area (Å²) in [6.45, 7) is 1.26. The highest BCUT2D eigenvalue weighted by Gasteiger charge is 2.50. The zero-order chi connectivity index (χ0) is 19.7. The number of fused-ring (bicyclic) bond motifs is 1. The second-order valence-corrected chi connectivity index (χ2v) is 6.86. The van der Waals surface area contributed by atoms with Crippen LogP contribution < -0.4 is 0 Å². The molecule has 2 aliphatic rings. The fraction of sp³-hybridized carbons (Fsp3) is 0.350. The topological polar surface area (TPSA) is 103 Å². The lowest BCUT2D eigenvalue weighted by molar-refractivity contribution is -0.159. The number of hydrogen-bond acceptors (Lipinski definition) is 7. The van der Waals surface area contributed by atoms with Crippen molar-refractivity contribution in [3.05, 3.63) is 48.4 Å². The molecule has 28 heavy (non-hydrogen) atoms. The molecule has 1 aliphatic heterocycles. The zero-order valence-electron chi connectivity index (χ0n) is 15.3. The number of carbonyl (C=O) groups excluding carboxylic acids is 3. The number of hydrogen-bond donors (Lipinski definition) is 0. The van der Waals surface area contributed by atoms with Crippen molar-refractivity contribution in [1.29, 1.82) is 0 Å². The van der Waals surface area contributed by atoms with Crippen molar-refractivity contribution in [2.45, 2.75) is 32.4 Å². The Bertz CT molecular complexity index is 910. The van der Waals surface area contributed by atoms with Crippen LogP contribution in [-0.2, 0) is 25.7 Å².